The van der Waals surface area contributed by atoms with Crippen LogP contribution >= 0.6 is 0 Å². The van der Waals surface area contributed by atoms with Crippen LogP contribution in [0.5, 0.6) is 0 Å². The van der Waals surface area contributed by atoms with Crippen LogP contribution in [0.1, 0.15) is 20.3 Å². The number of rotatable bonds is 1. The fourth-order valence-corrected chi connectivity index (χ4v) is 1.47. The second-order valence-electron chi connectivity index (χ2n) is 3.26. The fraction of sp³-hybridized carbons (Fsp3) is 1.00. The number of aliphatic hydroxyl groups excluding tert-OH is 3. The van der Waals surface area contributed by atoms with Crippen molar-refractivity contribution in [2.24, 2.45) is 0 Å². The number of hydrogen-bond donors (Lipinski definition) is 3. The zero-order chi connectivity index (χ0) is 9.30. The largest absolute Gasteiger partial charge is 0.388 e. The molecule has 0 aliphatic carbocycles. The Morgan fingerprint density at radius 1 is 1.08 bits per heavy atom. The molecule has 1 aliphatic heterocycles. The molecule has 4 nitrogen and oxygen atoms in total. The molecule has 0 aromatic heterocycles. The average Bonchev–Trinajstić information content (AvgIpc) is 2.08. The first-order chi connectivity index (χ1) is 5.57. The Morgan fingerprint density at radius 3 is 2.17 bits per heavy atom. The first-order valence-electron chi connectivity index (χ1n) is 4.27. The van der Waals surface area contributed by atoms with E-state index in [1.807, 2.05) is 6.92 Å². The van der Waals surface area contributed by atoms with E-state index >= 15 is 0 Å². The molecule has 0 radical (unpaired) electrons. The SMILES string of the molecule is CCC1O[C@H](C)C(O)[C@H](O)[C@@H]1O. The van der Waals surface area contributed by atoms with Crippen LogP contribution in [0.4, 0.5) is 0 Å². The van der Waals surface area contributed by atoms with E-state index in [0.29, 0.717) is 6.42 Å². The van der Waals surface area contributed by atoms with Gasteiger partial charge in [0.05, 0.1) is 12.2 Å². The lowest BCUT2D eigenvalue weighted by Crippen LogP contribution is -2.56. The second kappa shape index (κ2) is 3.70. The van der Waals surface area contributed by atoms with Gasteiger partial charge in [-0.05, 0) is 13.3 Å². The van der Waals surface area contributed by atoms with Crippen molar-refractivity contribution in [3.63, 3.8) is 0 Å². The van der Waals surface area contributed by atoms with Crippen LogP contribution in [0.25, 0.3) is 0 Å². The highest BCUT2D eigenvalue weighted by Crippen LogP contribution is 2.22. The van der Waals surface area contributed by atoms with Crippen molar-refractivity contribution < 1.29 is 20.1 Å². The van der Waals surface area contributed by atoms with Crippen LogP contribution in [0.3, 0.4) is 0 Å². The molecule has 5 atom stereocenters. The summed E-state index contributed by atoms with van der Waals surface area (Å²) in [4.78, 5) is 0. The molecule has 1 rings (SSSR count). The Kier molecular flexibility index (Phi) is 3.06. The first-order valence-corrected chi connectivity index (χ1v) is 4.27. The zero-order valence-corrected chi connectivity index (χ0v) is 7.34. The lowest BCUT2D eigenvalue weighted by atomic mass is 9.94. The topological polar surface area (TPSA) is 69.9 Å². The van der Waals surface area contributed by atoms with Crippen LogP contribution in [0.15, 0.2) is 0 Å². The highest BCUT2D eigenvalue weighted by Gasteiger charge is 2.40. The van der Waals surface area contributed by atoms with Crippen molar-refractivity contribution in [1.82, 2.24) is 0 Å². The molecule has 0 aromatic carbocycles. The van der Waals surface area contributed by atoms with Gasteiger partial charge in [0.15, 0.2) is 0 Å². The molecular weight excluding hydrogens is 160 g/mol. The van der Waals surface area contributed by atoms with Gasteiger partial charge >= 0.3 is 0 Å². The molecular formula is C8H16O4. The van der Waals surface area contributed by atoms with Crippen LogP contribution in [0.2, 0.25) is 0 Å². The maximum atomic E-state index is 9.39. The van der Waals surface area contributed by atoms with Gasteiger partial charge in [0.1, 0.15) is 18.3 Å². The molecule has 4 heteroatoms. The van der Waals surface area contributed by atoms with Gasteiger partial charge in [0.2, 0.25) is 0 Å². The van der Waals surface area contributed by atoms with Crippen molar-refractivity contribution in [2.75, 3.05) is 0 Å². The van der Waals surface area contributed by atoms with E-state index in [4.69, 9.17) is 4.74 Å². The molecule has 1 aliphatic rings. The summed E-state index contributed by atoms with van der Waals surface area (Å²) >= 11 is 0. The summed E-state index contributed by atoms with van der Waals surface area (Å²) in [6.07, 6.45) is -3.18. The summed E-state index contributed by atoms with van der Waals surface area (Å²) in [6, 6.07) is 0. The molecule has 0 saturated carbocycles. The monoisotopic (exact) mass is 176 g/mol. The van der Waals surface area contributed by atoms with Gasteiger partial charge in [0, 0.05) is 0 Å². The van der Waals surface area contributed by atoms with E-state index in [-0.39, 0.29) is 6.10 Å². The van der Waals surface area contributed by atoms with E-state index in [9.17, 15) is 15.3 Å². The van der Waals surface area contributed by atoms with Gasteiger partial charge in [-0.3, -0.25) is 0 Å². The van der Waals surface area contributed by atoms with Crippen molar-refractivity contribution >= 4 is 0 Å². The Bertz CT molecular complexity index is 145. The fourth-order valence-electron chi connectivity index (χ4n) is 1.47. The molecule has 1 saturated heterocycles. The van der Waals surface area contributed by atoms with Crippen molar-refractivity contribution in [1.29, 1.82) is 0 Å². The number of ether oxygens (including phenoxy) is 1. The molecule has 0 amide bonds. The van der Waals surface area contributed by atoms with Crippen LogP contribution in [-0.2, 0) is 4.74 Å². The third kappa shape index (κ3) is 1.61. The molecule has 1 heterocycles. The first kappa shape index (κ1) is 9.92. The highest BCUT2D eigenvalue weighted by atomic mass is 16.5. The Balaban J connectivity index is 2.63. The molecule has 0 aromatic rings. The molecule has 2 unspecified atom stereocenters. The molecule has 1 fully saturated rings. The predicted octanol–water partition coefficient (Wildman–Crippen LogP) is -0.734. The molecule has 72 valence electrons. The minimum atomic E-state index is -1.08. The van der Waals surface area contributed by atoms with E-state index in [1.54, 1.807) is 6.92 Å². The van der Waals surface area contributed by atoms with E-state index in [1.165, 1.54) is 0 Å². The van der Waals surface area contributed by atoms with E-state index < -0.39 is 24.4 Å². The quantitative estimate of drug-likeness (QED) is 0.492. The molecule has 12 heavy (non-hydrogen) atoms. The predicted molar refractivity (Wildman–Crippen MR) is 42.6 cm³/mol. The van der Waals surface area contributed by atoms with Gasteiger partial charge in [-0.15, -0.1) is 0 Å². The normalized spacial score (nSPS) is 49.2. The lowest BCUT2D eigenvalue weighted by molar-refractivity contribution is -0.217. The van der Waals surface area contributed by atoms with E-state index in [2.05, 4.69) is 0 Å². The Hall–Kier alpha value is -0.160. The average molecular weight is 176 g/mol. The third-order valence-corrected chi connectivity index (χ3v) is 2.35. The molecule has 3 N–H and O–H groups in total. The van der Waals surface area contributed by atoms with Crippen LogP contribution in [-0.4, -0.2) is 45.8 Å². The van der Waals surface area contributed by atoms with Crippen LogP contribution < -0.4 is 0 Å². The summed E-state index contributed by atoms with van der Waals surface area (Å²) in [6.45, 7) is 3.55. The van der Waals surface area contributed by atoms with Crippen LogP contribution in [0, 0.1) is 0 Å². The summed E-state index contributed by atoms with van der Waals surface area (Å²) in [5, 5.41) is 28.0. The molecule has 0 bridgehead atoms. The summed E-state index contributed by atoms with van der Waals surface area (Å²) in [5.41, 5.74) is 0. The maximum Gasteiger partial charge on any atom is 0.111 e. The summed E-state index contributed by atoms with van der Waals surface area (Å²) in [5.74, 6) is 0. The number of aliphatic hydroxyl groups is 3. The lowest BCUT2D eigenvalue weighted by Gasteiger charge is -2.39. The van der Waals surface area contributed by atoms with Gasteiger partial charge in [-0.1, -0.05) is 6.92 Å². The minimum absolute atomic E-state index is 0.363. The third-order valence-electron chi connectivity index (χ3n) is 2.35. The van der Waals surface area contributed by atoms with Gasteiger partial charge in [-0.25, -0.2) is 0 Å². The van der Waals surface area contributed by atoms with Gasteiger partial charge < -0.3 is 20.1 Å². The van der Waals surface area contributed by atoms with Gasteiger partial charge in [-0.2, -0.15) is 0 Å². The zero-order valence-electron chi connectivity index (χ0n) is 7.34. The Labute approximate surface area is 71.8 Å². The number of hydrogen-bond acceptors (Lipinski definition) is 4. The van der Waals surface area contributed by atoms with Gasteiger partial charge in [0.25, 0.3) is 0 Å². The standard InChI is InChI=1S/C8H16O4/c1-3-5-7(10)8(11)6(9)4(2)12-5/h4-11H,3H2,1-2H3/t4-,5?,6?,7-,8+/m1/s1. The molecule has 0 spiro atoms. The second-order valence-corrected chi connectivity index (χ2v) is 3.26. The summed E-state index contributed by atoms with van der Waals surface area (Å²) < 4.78 is 5.27. The van der Waals surface area contributed by atoms with Crippen molar-refractivity contribution in [3.05, 3.63) is 0 Å². The minimum Gasteiger partial charge on any atom is -0.388 e. The summed E-state index contributed by atoms with van der Waals surface area (Å²) in [7, 11) is 0. The maximum absolute atomic E-state index is 9.39. The Morgan fingerprint density at radius 2 is 1.67 bits per heavy atom. The highest BCUT2D eigenvalue weighted by molar-refractivity contribution is 4.89. The van der Waals surface area contributed by atoms with Crippen molar-refractivity contribution in [2.45, 2.75) is 50.8 Å². The smallest absolute Gasteiger partial charge is 0.111 e. The van der Waals surface area contributed by atoms with E-state index in [0.717, 1.165) is 0 Å². The van der Waals surface area contributed by atoms with Crippen molar-refractivity contribution in [3.8, 4) is 0 Å².